The smallest absolute Gasteiger partial charge is 0.187 e. The number of hydrazone groups is 1. The van der Waals surface area contributed by atoms with Crippen LogP contribution in [0.2, 0.25) is 10.0 Å². The highest BCUT2D eigenvalue weighted by Gasteiger charge is 2.16. The van der Waals surface area contributed by atoms with Gasteiger partial charge >= 0.3 is 0 Å². The number of morpholine rings is 1. The van der Waals surface area contributed by atoms with Gasteiger partial charge in [-0.25, -0.2) is 0 Å². The summed E-state index contributed by atoms with van der Waals surface area (Å²) in [6, 6.07) is 1.66. The first-order chi connectivity index (χ1) is 12.6. The molecule has 1 aliphatic rings. The Morgan fingerprint density at radius 1 is 1.31 bits per heavy atom. The van der Waals surface area contributed by atoms with Crippen LogP contribution in [0.1, 0.15) is 5.56 Å². The molecule has 1 aromatic carbocycles. The van der Waals surface area contributed by atoms with Crippen LogP contribution >= 0.6 is 35.4 Å². The molecule has 1 heterocycles. The van der Waals surface area contributed by atoms with Gasteiger partial charge in [0, 0.05) is 31.7 Å². The van der Waals surface area contributed by atoms with Crippen LogP contribution in [0.4, 0.5) is 0 Å². The van der Waals surface area contributed by atoms with Crippen LogP contribution in [-0.2, 0) is 4.74 Å². The van der Waals surface area contributed by atoms with Gasteiger partial charge in [0.15, 0.2) is 10.9 Å². The SMILES string of the molecule is COc1c(Cl)cc(/C=N/NC(=S)NCCN2CCOCC2)c(OC)c1Cl. The van der Waals surface area contributed by atoms with Crippen molar-refractivity contribution in [3.8, 4) is 11.5 Å². The van der Waals surface area contributed by atoms with E-state index in [2.05, 4.69) is 20.7 Å². The lowest BCUT2D eigenvalue weighted by Gasteiger charge is -2.26. The predicted octanol–water partition coefficient (Wildman–Crippen LogP) is 2.14. The predicted molar refractivity (Wildman–Crippen MR) is 108 cm³/mol. The van der Waals surface area contributed by atoms with Gasteiger partial charge in [-0.3, -0.25) is 10.3 Å². The molecule has 0 radical (unpaired) electrons. The fourth-order valence-corrected chi connectivity index (χ4v) is 3.30. The van der Waals surface area contributed by atoms with E-state index >= 15 is 0 Å². The molecule has 0 bridgehead atoms. The van der Waals surface area contributed by atoms with Crippen LogP contribution in [0.3, 0.4) is 0 Å². The zero-order valence-corrected chi connectivity index (χ0v) is 17.0. The van der Waals surface area contributed by atoms with Crippen LogP contribution in [-0.4, -0.2) is 69.8 Å². The molecule has 144 valence electrons. The average Bonchev–Trinajstić information content (AvgIpc) is 2.63. The lowest BCUT2D eigenvalue weighted by molar-refractivity contribution is 0.0389. The van der Waals surface area contributed by atoms with Gasteiger partial charge in [0.05, 0.1) is 38.7 Å². The second-order valence-electron chi connectivity index (χ2n) is 5.41. The molecular formula is C16H22Cl2N4O3S. The minimum atomic E-state index is 0.287. The molecule has 10 heteroatoms. The van der Waals surface area contributed by atoms with Crippen LogP contribution in [0.25, 0.3) is 0 Å². The Balaban J connectivity index is 1.86. The van der Waals surface area contributed by atoms with Crippen molar-refractivity contribution in [1.29, 1.82) is 0 Å². The first-order valence-electron chi connectivity index (χ1n) is 8.03. The summed E-state index contributed by atoms with van der Waals surface area (Å²) in [6.45, 7) is 5.07. The third-order valence-corrected chi connectivity index (χ3v) is 4.61. The third kappa shape index (κ3) is 5.85. The van der Waals surface area contributed by atoms with E-state index in [1.165, 1.54) is 20.4 Å². The number of hydrogen-bond acceptors (Lipinski definition) is 6. The number of benzene rings is 1. The van der Waals surface area contributed by atoms with E-state index in [1.54, 1.807) is 6.07 Å². The van der Waals surface area contributed by atoms with Crippen molar-refractivity contribution in [3.63, 3.8) is 0 Å². The number of ether oxygens (including phenoxy) is 3. The monoisotopic (exact) mass is 420 g/mol. The van der Waals surface area contributed by atoms with E-state index in [1.807, 2.05) is 0 Å². The quantitative estimate of drug-likeness (QED) is 0.397. The van der Waals surface area contributed by atoms with Gasteiger partial charge in [0.25, 0.3) is 0 Å². The Morgan fingerprint density at radius 2 is 2.00 bits per heavy atom. The molecule has 0 spiro atoms. The molecule has 1 saturated heterocycles. The maximum atomic E-state index is 6.24. The fraction of sp³-hybridized carbons (Fsp3) is 0.500. The van der Waals surface area contributed by atoms with E-state index in [9.17, 15) is 0 Å². The van der Waals surface area contributed by atoms with E-state index in [0.29, 0.717) is 27.2 Å². The number of nitrogens with one attached hydrogen (secondary N) is 2. The first-order valence-corrected chi connectivity index (χ1v) is 9.20. The van der Waals surface area contributed by atoms with Gasteiger partial charge in [-0.2, -0.15) is 5.10 Å². The van der Waals surface area contributed by atoms with Crippen LogP contribution < -0.4 is 20.2 Å². The van der Waals surface area contributed by atoms with Gasteiger partial charge in [0.1, 0.15) is 10.8 Å². The summed E-state index contributed by atoms with van der Waals surface area (Å²) >= 11 is 17.6. The minimum absolute atomic E-state index is 0.287. The van der Waals surface area contributed by atoms with Crippen molar-refractivity contribution in [2.24, 2.45) is 5.10 Å². The standard InChI is InChI=1S/C16H22Cl2N4O3S/c1-23-14-11(9-12(17)15(24-2)13(14)18)10-20-21-16(26)19-3-4-22-5-7-25-8-6-22/h9-10H,3-8H2,1-2H3,(H2,19,21,26)/b20-10+. The van der Waals surface area contributed by atoms with Gasteiger partial charge in [-0.15, -0.1) is 0 Å². The lowest BCUT2D eigenvalue weighted by atomic mass is 10.2. The van der Waals surface area contributed by atoms with E-state index in [4.69, 9.17) is 49.6 Å². The lowest BCUT2D eigenvalue weighted by Crippen LogP contribution is -2.42. The Labute approximate surface area is 168 Å². The Morgan fingerprint density at radius 3 is 2.65 bits per heavy atom. The molecule has 2 N–H and O–H groups in total. The van der Waals surface area contributed by atoms with E-state index in [0.717, 1.165) is 39.4 Å². The summed E-state index contributed by atoms with van der Waals surface area (Å²) < 4.78 is 15.8. The summed E-state index contributed by atoms with van der Waals surface area (Å²) in [6.07, 6.45) is 1.53. The Kier molecular flexibility index (Phi) is 8.67. The van der Waals surface area contributed by atoms with Gasteiger partial charge < -0.3 is 19.5 Å². The molecule has 0 amide bonds. The highest BCUT2D eigenvalue weighted by atomic mass is 35.5. The zero-order chi connectivity index (χ0) is 18.9. The molecule has 2 rings (SSSR count). The number of nitrogens with zero attached hydrogens (tertiary/aromatic N) is 2. The van der Waals surface area contributed by atoms with Crippen LogP contribution in [0.5, 0.6) is 11.5 Å². The second-order valence-corrected chi connectivity index (χ2v) is 6.60. The number of halogens is 2. The maximum Gasteiger partial charge on any atom is 0.187 e. The molecule has 0 saturated carbocycles. The summed E-state index contributed by atoms with van der Waals surface area (Å²) in [5, 5.41) is 8.29. The number of rotatable bonds is 7. The number of methoxy groups -OCH3 is 2. The van der Waals surface area contributed by atoms with E-state index < -0.39 is 0 Å². The summed E-state index contributed by atoms with van der Waals surface area (Å²) in [7, 11) is 3.00. The molecule has 0 atom stereocenters. The largest absolute Gasteiger partial charge is 0.494 e. The molecule has 0 unspecified atom stereocenters. The zero-order valence-electron chi connectivity index (χ0n) is 14.7. The minimum Gasteiger partial charge on any atom is -0.494 e. The van der Waals surface area contributed by atoms with Crippen molar-refractivity contribution >= 4 is 46.7 Å². The van der Waals surface area contributed by atoms with Gasteiger partial charge in [0.2, 0.25) is 0 Å². The average molecular weight is 421 g/mol. The maximum absolute atomic E-state index is 6.24. The molecule has 1 aromatic rings. The van der Waals surface area contributed by atoms with Crippen molar-refractivity contribution in [2.45, 2.75) is 0 Å². The summed E-state index contributed by atoms with van der Waals surface area (Å²) in [5.41, 5.74) is 3.36. The van der Waals surface area contributed by atoms with Gasteiger partial charge in [-0.05, 0) is 18.3 Å². The molecule has 1 aliphatic heterocycles. The van der Waals surface area contributed by atoms with Crippen molar-refractivity contribution < 1.29 is 14.2 Å². The molecule has 26 heavy (non-hydrogen) atoms. The first kappa shape index (κ1) is 21.0. The highest BCUT2D eigenvalue weighted by Crippen LogP contribution is 2.41. The van der Waals surface area contributed by atoms with Crippen molar-refractivity contribution in [2.75, 3.05) is 53.6 Å². The van der Waals surface area contributed by atoms with Crippen LogP contribution in [0.15, 0.2) is 11.2 Å². The summed E-state index contributed by atoms with van der Waals surface area (Å²) in [4.78, 5) is 2.31. The molecule has 0 aliphatic carbocycles. The molecule has 1 fully saturated rings. The Hall–Kier alpha value is -1.32. The molecule has 7 nitrogen and oxygen atoms in total. The molecular weight excluding hydrogens is 399 g/mol. The van der Waals surface area contributed by atoms with Gasteiger partial charge in [-0.1, -0.05) is 23.2 Å². The Bertz CT molecular complexity index is 655. The van der Waals surface area contributed by atoms with Crippen LogP contribution in [0, 0.1) is 0 Å². The van der Waals surface area contributed by atoms with E-state index in [-0.39, 0.29) is 5.02 Å². The molecule has 0 aromatic heterocycles. The third-order valence-electron chi connectivity index (χ3n) is 3.76. The second kappa shape index (κ2) is 10.7. The summed E-state index contributed by atoms with van der Waals surface area (Å²) in [5.74, 6) is 0.778. The van der Waals surface area contributed by atoms with Crippen molar-refractivity contribution in [3.05, 3.63) is 21.7 Å². The van der Waals surface area contributed by atoms with Crippen molar-refractivity contribution in [1.82, 2.24) is 15.6 Å². The normalized spacial score (nSPS) is 15.1. The highest BCUT2D eigenvalue weighted by molar-refractivity contribution is 7.80. The topological polar surface area (TPSA) is 67.4 Å². The fourth-order valence-electron chi connectivity index (χ4n) is 2.45. The number of thiocarbonyl (C=S) groups is 1. The number of hydrogen-bond donors (Lipinski definition) is 2.